The number of nitrogens with zero attached hydrogens (tertiary/aromatic N) is 1. The highest BCUT2D eigenvalue weighted by atomic mass is 32.1. The zero-order valence-electron chi connectivity index (χ0n) is 8.33. The van der Waals surface area contributed by atoms with Gasteiger partial charge in [0.25, 0.3) is 5.56 Å². The molecule has 0 fully saturated rings. The molecule has 0 spiro atoms. The molecule has 0 atom stereocenters. The van der Waals surface area contributed by atoms with Gasteiger partial charge in [-0.1, -0.05) is 26.5 Å². The summed E-state index contributed by atoms with van der Waals surface area (Å²) in [4.78, 5) is 11.7. The summed E-state index contributed by atoms with van der Waals surface area (Å²) in [5, 5.41) is 0. The minimum Gasteiger partial charge on any atom is -0.299 e. The predicted molar refractivity (Wildman–Crippen MR) is 58.3 cm³/mol. The molecule has 0 bridgehead atoms. The monoisotopic (exact) mass is 197 g/mol. The maximum Gasteiger partial charge on any atom is 0.268 e. The third-order valence-electron chi connectivity index (χ3n) is 1.79. The van der Waals surface area contributed by atoms with Gasteiger partial charge in [0.2, 0.25) is 0 Å². The Bertz CT molecular complexity index is 438. The minimum absolute atomic E-state index is 0.103. The Morgan fingerprint density at radius 1 is 1.62 bits per heavy atom. The van der Waals surface area contributed by atoms with Gasteiger partial charge in [-0.2, -0.15) is 0 Å². The molecule has 0 N–H and O–H groups in total. The van der Waals surface area contributed by atoms with E-state index in [2.05, 4.69) is 20.4 Å². The number of rotatable bonds is 2. The van der Waals surface area contributed by atoms with Crippen LogP contribution in [0.3, 0.4) is 0 Å². The second-order valence-corrected chi connectivity index (χ2v) is 4.57. The van der Waals surface area contributed by atoms with Crippen LogP contribution in [0.2, 0.25) is 0 Å². The quantitative estimate of drug-likeness (QED) is 0.686. The molecule has 72 valence electrons. The smallest absolute Gasteiger partial charge is 0.268 e. The maximum atomic E-state index is 11.7. The van der Waals surface area contributed by atoms with Crippen LogP contribution in [0, 0.1) is 5.92 Å². The van der Waals surface area contributed by atoms with E-state index in [-0.39, 0.29) is 5.56 Å². The molecule has 1 aromatic heterocycles. The van der Waals surface area contributed by atoms with Crippen molar-refractivity contribution >= 4 is 24.0 Å². The lowest BCUT2D eigenvalue weighted by Crippen LogP contribution is -2.32. The third kappa shape index (κ3) is 2.10. The van der Waals surface area contributed by atoms with E-state index in [1.807, 2.05) is 13.0 Å². The van der Waals surface area contributed by atoms with Crippen molar-refractivity contribution in [2.45, 2.75) is 27.3 Å². The Morgan fingerprint density at radius 3 is 2.62 bits per heavy atom. The summed E-state index contributed by atoms with van der Waals surface area (Å²) in [6, 6.07) is 0. The Hall–Kier alpha value is -0.830. The molecule has 0 saturated carbocycles. The summed E-state index contributed by atoms with van der Waals surface area (Å²) in [7, 11) is 0. The highest BCUT2D eigenvalue weighted by Crippen LogP contribution is 1.92. The summed E-state index contributed by atoms with van der Waals surface area (Å²) < 4.78 is 3.41. The lowest BCUT2D eigenvalue weighted by Gasteiger charge is -2.03. The average Bonchev–Trinajstić information content (AvgIpc) is 2.31. The highest BCUT2D eigenvalue weighted by Gasteiger charge is 2.03. The zero-order valence-corrected chi connectivity index (χ0v) is 9.15. The second kappa shape index (κ2) is 3.92. The molecule has 13 heavy (non-hydrogen) atoms. The molecular formula is C10H15NOS. The van der Waals surface area contributed by atoms with Gasteiger partial charge >= 0.3 is 0 Å². The molecule has 0 unspecified atom stereocenters. The molecule has 0 amide bonds. The van der Waals surface area contributed by atoms with Gasteiger partial charge in [-0.3, -0.25) is 9.36 Å². The van der Waals surface area contributed by atoms with Crippen molar-refractivity contribution < 1.29 is 0 Å². The molecule has 1 rings (SSSR count). The highest BCUT2D eigenvalue weighted by molar-refractivity contribution is 7.07. The van der Waals surface area contributed by atoms with Crippen LogP contribution < -0.4 is 14.8 Å². The van der Waals surface area contributed by atoms with Crippen molar-refractivity contribution in [1.29, 1.82) is 0 Å². The number of aromatic nitrogens is 1. The second-order valence-electron chi connectivity index (χ2n) is 3.46. The Balaban J connectivity index is 3.31. The summed E-state index contributed by atoms with van der Waals surface area (Å²) in [6.45, 7) is 10.7. The lowest BCUT2D eigenvalue weighted by molar-refractivity contribution is 0.509. The molecule has 0 radical (unpaired) electrons. The average molecular weight is 197 g/mol. The molecule has 1 heterocycles. The summed E-state index contributed by atoms with van der Waals surface area (Å²) in [5.74, 6) is 0.484. The molecule has 3 heteroatoms. The van der Waals surface area contributed by atoms with Crippen LogP contribution in [0.25, 0.3) is 12.7 Å². The lowest BCUT2D eigenvalue weighted by atomic mass is 10.2. The van der Waals surface area contributed by atoms with E-state index in [1.54, 1.807) is 4.57 Å². The van der Waals surface area contributed by atoms with Crippen LogP contribution >= 0.6 is 11.3 Å². The fraction of sp³-hybridized carbons (Fsp3) is 0.500. The van der Waals surface area contributed by atoms with Crippen LogP contribution in [0.15, 0.2) is 4.79 Å². The van der Waals surface area contributed by atoms with Gasteiger partial charge in [0, 0.05) is 6.54 Å². The largest absolute Gasteiger partial charge is 0.299 e. The van der Waals surface area contributed by atoms with E-state index in [9.17, 15) is 4.79 Å². The van der Waals surface area contributed by atoms with Crippen molar-refractivity contribution in [3.63, 3.8) is 0 Å². The van der Waals surface area contributed by atoms with E-state index in [0.717, 1.165) is 15.7 Å². The molecule has 0 aliphatic heterocycles. The van der Waals surface area contributed by atoms with Crippen LogP contribution in [0.1, 0.15) is 20.8 Å². The first kappa shape index (κ1) is 10.3. The topological polar surface area (TPSA) is 22.0 Å². The Morgan fingerprint density at radius 2 is 2.23 bits per heavy atom. The molecule has 1 aromatic rings. The van der Waals surface area contributed by atoms with Crippen molar-refractivity contribution in [3.05, 3.63) is 19.5 Å². The van der Waals surface area contributed by atoms with Gasteiger partial charge in [0.05, 0.1) is 9.20 Å². The van der Waals surface area contributed by atoms with Crippen LogP contribution in [0.4, 0.5) is 0 Å². The summed E-state index contributed by atoms with van der Waals surface area (Å²) >= 11 is 1.47. The fourth-order valence-electron chi connectivity index (χ4n) is 1.20. The molecule has 0 aliphatic carbocycles. The van der Waals surface area contributed by atoms with Crippen LogP contribution in [-0.4, -0.2) is 4.57 Å². The van der Waals surface area contributed by atoms with Gasteiger partial charge in [-0.15, -0.1) is 11.3 Å². The Kier molecular flexibility index (Phi) is 3.09. The first-order chi connectivity index (χ1) is 6.06. The van der Waals surface area contributed by atoms with Crippen molar-refractivity contribution in [2.24, 2.45) is 5.92 Å². The van der Waals surface area contributed by atoms with E-state index < -0.39 is 0 Å². The zero-order chi connectivity index (χ0) is 10.0. The minimum atomic E-state index is 0.103. The van der Waals surface area contributed by atoms with E-state index >= 15 is 0 Å². The molecule has 0 aromatic carbocycles. The van der Waals surface area contributed by atoms with Gasteiger partial charge in [0.15, 0.2) is 0 Å². The van der Waals surface area contributed by atoms with Crippen LogP contribution in [-0.2, 0) is 6.54 Å². The first-order valence-electron chi connectivity index (χ1n) is 4.41. The summed E-state index contributed by atoms with van der Waals surface area (Å²) in [6.07, 6.45) is 1.85. The van der Waals surface area contributed by atoms with E-state index in [4.69, 9.17) is 0 Å². The molecule has 0 saturated heterocycles. The van der Waals surface area contributed by atoms with Crippen LogP contribution in [0.5, 0.6) is 0 Å². The predicted octanol–water partition coefficient (Wildman–Crippen LogP) is 0.776. The summed E-state index contributed by atoms with van der Waals surface area (Å²) in [5.41, 5.74) is 0.103. The fourth-order valence-corrected chi connectivity index (χ4v) is 2.04. The SMILES string of the molecule is C=c1s/c(=C\C)c(=O)n1CC(C)C. The number of thiazole rings is 1. The van der Waals surface area contributed by atoms with Crippen molar-refractivity contribution in [2.75, 3.05) is 0 Å². The maximum absolute atomic E-state index is 11.7. The first-order valence-corrected chi connectivity index (χ1v) is 5.22. The number of hydrogen-bond donors (Lipinski definition) is 0. The van der Waals surface area contributed by atoms with E-state index in [1.165, 1.54) is 11.3 Å². The third-order valence-corrected chi connectivity index (χ3v) is 2.88. The molecular weight excluding hydrogens is 182 g/mol. The van der Waals surface area contributed by atoms with Crippen molar-refractivity contribution in [3.8, 4) is 0 Å². The Labute approximate surface area is 81.8 Å². The number of hydrogen-bond acceptors (Lipinski definition) is 2. The van der Waals surface area contributed by atoms with Gasteiger partial charge in [-0.25, -0.2) is 0 Å². The van der Waals surface area contributed by atoms with Gasteiger partial charge in [0.1, 0.15) is 0 Å². The molecule has 0 aliphatic rings. The van der Waals surface area contributed by atoms with Gasteiger partial charge in [-0.05, 0) is 12.8 Å². The standard InChI is InChI=1S/C10H15NOS/c1-5-9-10(12)11(6-7(2)3)8(4)13-9/h5,7H,4,6H2,1-3H3/b9-5-. The molecule has 2 nitrogen and oxygen atoms in total. The van der Waals surface area contributed by atoms with Crippen molar-refractivity contribution in [1.82, 2.24) is 4.57 Å². The van der Waals surface area contributed by atoms with Gasteiger partial charge < -0.3 is 0 Å². The van der Waals surface area contributed by atoms with E-state index in [0.29, 0.717) is 5.92 Å². The normalized spacial score (nSPS) is 12.8.